The molecule has 19 heavy (non-hydrogen) atoms. The Kier molecular flexibility index (Phi) is 4.14. The van der Waals surface area contributed by atoms with Crippen LogP contribution in [0.25, 0.3) is 11.0 Å². The molecule has 0 atom stereocenters. The fraction of sp³-hybridized carbons (Fsp3) is 0.273. The minimum absolute atomic E-state index is 0.126. The van der Waals surface area contributed by atoms with E-state index in [0.717, 1.165) is 5.52 Å². The largest absolute Gasteiger partial charge is 0.370 e. The van der Waals surface area contributed by atoms with Crippen molar-refractivity contribution in [2.45, 2.75) is 6.54 Å². The number of nitrogens with two attached hydrogens (primary N) is 2. The third-order valence-electron chi connectivity index (χ3n) is 2.52. The van der Waals surface area contributed by atoms with Gasteiger partial charge in [-0.2, -0.15) is 0 Å². The number of fused-ring (bicyclic) bond motifs is 1. The summed E-state index contributed by atoms with van der Waals surface area (Å²) in [6.45, 7) is 0.603. The molecule has 2 aromatic rings. The van der Waals surface area contributed by atoms with Crippen LogP contribution in [0.2, 0.25) is 10.0 Å². The molecule has 0 radical (unpaired) electrons. The van der Waals surface area contributed by atoms with Gasteiger partial charge in [-0.25, -0.2) is 4.98 Å². The highest BCUT2D eigenvalue weighted by Crippen LogP contribution is 2.28. The topological polar surface area (TPSA) is 96.2 Å². The number of anilines is 1. The quantitative estimate of drug-likeness (QED) is 0.817. The van der Waals surface area contributed by atoms with Crippen molar-refractivity contribution in [1.29, 1.82) is 0 Å². The van der Waals surface area contributed by atoms with E-state index < -0.39 is 5.91 Å². The Balaban J connectivity index is 2.20. The Hall–Kier alpha value is -1.50. The monoisotopic (exact) mass is 302 g/mol. The molecule has 8 heteroatoms. The van der Waals surface area contributed by atoms with Crippen LogP contribution in [0.15, 0.2) is 12.1 Å². The second-order valence-electron chi connectivity index (χ2n) is 3.90. The Bertz CT molecular complexity index is 627. The lowest BCUT2D eigenvalue weighted by Gasteiger charge is -2.07. The zero-order valence-electron chi connectivity index (χ0n) is 9.90. The first kappa shape index (κ1) is 13.9. The smallest absolute Gasteiger partial charge is 0.243 e. The summed E-state index contributed by atoms with van der Waals surface area (Å²) in [7, 11) is 0. The van der Waals surface area contributed by atoms with Crippen molar-refractivity contribution in [2.24, 2.45) is 5.73 Å². The lowest BCUT2D eigenvalue weighted by Crippen LogP contribution is -2.20. The summed E-state index contributed by atoms with van der Waals surface area (Å²) >= 11 is 11.9. The molecular weight excluding hydrogens is 291 g/mol. The van der Waals surface area contributed by atoms with E-state index in [1.165, 1.54) is 0 Å². The summed E-state index contributed by atoms with van der Waals surface area (Å²) in [6, 6.07) is 3.34. The Morgan fingerprint density at radius 3 is 2.74 bits per heavy atom. The molecule has 4 N–H and O–H groups in total. The highest BCUT2D eigenvalue weighted by molar-refractivity contribution is 6.42. The highest BCUT2D eigenvalue weighted by atomic mass is 35.5. The normalized spacial score (nSPS) is 11.1. The van der Waals surface area contributed by atoms with Gasteiger partial charge in [-0.3, -0.25) is 4.79 Å². The number of nitrogens with zero attached hydrogens (tertiary/aromatic N) is 2. The highest BCUT2D eigenvalue weighted by Gasteiger charge is 2.11. The number of carbonyl (C=O) groups excluding carboxylic acids is 1. The number of hydrogen-bond acceptors (Lipinski definition) is 4. The second kappa shape index (κ2) is 5.64. The third-order valence-corrected chi connectivity index (χ3v) is 3.25. The summed E-state index contributed by atoms with van der Waals surface area (Å²) in [5.74, 6) is -0.186. The van der Waals surface area contributed by atoms with Crippen LogP contribution < -0.4 is 11.5 Å². The number of nitrogen functional groups attached to an aromatic ring is 1. The first-order valence-corrected chi connectivity index (χ1v) is 6.21. The summed E-state index contributed by atoms with van der Waals surface area (Å²) in [5, 5.41) is 0.845. The number of amides is 1. The molecule has 0 unspecified atom stereocenters. The first-order valence-electron chi connectivity index (χ1n) is 5.46. The van der Waals surface area contributed by atoms with Gasteiger partial charge in [-0.05, 0) is 12.1 Å². The SMILES string of the molecule is NC(=O)COCCn1c(N)nc2cc(Cl)c(Cl)cc21. The Labute approximate surface area is 119 Å². The summed E-state index contributed by atoms with van der Waals surface area (Å²) in [5.41, 5.74) is 12.2. The molecule has 0 bridgehead atoms. The number of imidazole rings is 1. The number of halogens is 2. The van der Waals surface area contributed by atoms with Gasteiger partial charge < -0.3 is 20.8 Å². The van der Waals surface area contributed by atoms with Crippen molar-refractivity contribution in [1.82, 2.24) is 9.55 Å². The maximum atomic E-state index is 10.5. The molecule has 0 spiro atoms. The average molecular weight is 303 g/mol. The van der Waals surface area contributed by atoms with Gasteiger partial charge >= 0.3 is 0 Å². The van der Waals surface area contributed by atoms with Crippen LogP contribution in [-0.2, 0) is 16.1 Å². The number of hydrogen-bond donors (Lipinski definition) is 2. The molecule has 6 nitrogen and oxygen atoms in total. The van der Waals surface area contributed by atoms with Crippen LogP contribution in [0.5, 0.6) is 0 Å². The molecule has 0 fully saturated rings. The van der Waals surface area contributed by atoms with Crippen molar-refractivity contribution in [3.8, 4) is 0 Å². The number of benzene rings is 1. The van der Waals surface area contributed by atoms with Gasteiger partial charge in [0.2, 0.25) is 11.9 Å². The fourth-order valence-electron chi connectivity index (χ4n) is 1.70. The molecule has 102 valence electrons. The van der Waals surface area contributed by atoms with Crippen molar-refractivity contribution < 1.29 is 9.53 Å². The van der Waals surface area contributed by atoms with Gasteiger partial charge in [0.05, 0.1) is 27.7 Å². The molecule has 0 aliphatic heterocycles. The molecular formula is C11H12Cl2N4O2. The fourth-order valence-corrected chi connectivity index (χ4v) is 2.02. The first-order chi connectivity index (χ1) is 8.99. The molecule has 0 saturated carbocycles. The van der Waals surface area contributed by atoms with E-state index in [2.05, 4.69) is 4.98 Å². The van der Waals surface area contributed by atoms with Crippen LogP contribution in [0.1, 0.15) is 0 Å². The van der Waals surface area contributed by atoms with E-state index >= 15 is 0 Å². The molecule has 1 aromatic carbocycles. The van der Waals surface area contributed by atoms with Crippen molar-refractivity contribution in [3.63, 3.8) is 0 Å². The predicted molar refractivity (Wildman–Crippen MR) is 74.2 cm³/mol. The van der Waals surface area contributed by atoms with Crippen LogP contribution in [-0.4, -0.2) is 28.7 Å². The number of rotatable bonds is 5. The van der Waals surface area contributed by atoms with Gasteiger partial charge in [0, 0.05) is 6.54 Å². The summed E-state index contributed by atoms with van der Waals surface area (Å²) in [4.78, 5) is 14.7. The van der Waals surface area contributed by atoms with E-state index in [0.29, 0.717) is 34.7 Å². The lowest BCUT2D eigenvalue weighted by atomic mass is 10.3. The molecule has 1 aromatic heterocycles. The molecule has 0 aliphatic rings. The predicted octanol–water partition coefficient (Wildman–Crippen LogP) is 1.43. The van der Waals surface area contributed by atoms with E-state index in [4.69, 9.17) is 39.4 Å². The maximum absolute atomic E-state index is 10.5. The van der Waals surface area contributed by atoms with Gasteiger partial charge in [-0.15, -0.1) is 0 Å². The lowest BCUT2D eigenvalue weighted by molar-refractivity contribution is -0.122. The third kappa shape index (κ3) is 3.09. The van der Waals surface area contributed by atoms with Crippen molar-refractivity contribution in [3.05, 3.63) is 22.2 Å². The average Bonchev–Trinajstić information content (AvgIpc) is 2.61. The molecule has 0 saturated heterocycles. The van der Waals surface area contributed by atoms with E-state index in [1.807, 2.05) is 0 Å². The van der Waals surface area contributed by atoms with E-state index in [9.17, 15) is 4.79 Å². The minimum atomic E-state index is -0.515. The molecule has 1 heterocycles. The van der Waals surface area contributed by atoms with Gasteiger partial charge in [0.15, 0.2) is 0 Å². The number of aromatic nitrogens is 2. The van der Waals surface area contributed by atoms with E-state index in [1.54, 1.807) is 16.7 Å². The maximum Gasteiger partial charge on any atom is 0.243 e. The van der Waals surface area contributed by atoms with Crippen molar-refractivity contribution >= 4 is 46.1 Å². The summed E-state index contributed by atoms with van der Waals surface area (Å²) in [6.07, 6.45) is 0. The van der Waals surface area contributed by atoms with E-state index in [-0.39, 0.29) is 6.61 Å². The standard InChI is InChI=1S/C11H12Cl2N4O2/c12-6-3-8-9(4-7(6)13)17(11(15)16-8)1-2-19-5-10(14)18/h3-4H,1-2,5H2,(H2,14,18)(H2,15,16). The Morgan fingerprint density at radius 1 is 1.37 bits per heavy atom. The number of carbonyl (C=O) groups is 1. The molecule has 2 rings (SSSR count). The van der Waals surface area contributed by atoms with Crippen molar-refractivity contribution in [2.75, 3.05) is 18.9 Å². The van der Waals surface area contributed by atoms with Crippen LogP contribution in [0, 0.1) is 0 Å². The number of ether oxygens (including phenoxy) is 1. The van der Waals surface area contributed by atoms with Crippen LogP contribution in [0.3, 0.4) is 0 Å². The number of primary amides is 1. The van der Waals surface area contributed by atoms with Crippen LogP contribution in [0.4, 0.5) is 5.95 Å². The minimum Gasteiger partial charge on any atom is -0.370 e. The molecule has 1 amide bonds. The molecule has 0 aliphatic carbocycles. The van der Waals surface area contributed by atoms with Gasteiger partial charge in [-0.1, -0.05) is 23.2 Å². The van der Waals surface area contributed by atoms with Crippen LogP contribution >= 0.6 is 23.2 Å². The Morgan fingerprint density at radius 2 is 2.05 bits per heavy atom. The van der Waals surface area contributed by atoms with Gasteiger partial charge in [0.25, 0.3) is 0 Å². The summed E-state index contributed by atoms with van der Waals surface area (Å²) < 4.78 is 6.82. The zero-order chi connectivity index (χ0) is 14.0. The van der Waals surface area contributed by atoms with Gasteiger partial charge in [0.1, 0.15) is 6.61 Å². The second-order valence-corrected chi connectivity index (χ2v) is 4.71. The zero-order valence-corrected chi connectivity index (χ0v) is 11.4.